The van der Waals surface area contributed by atoms with Gasteiger partial charge in [-0.05, 0) is 22.6 Å². The molecule has 0 aromatic carbocycles. The number of alkyl halides is 3. The summed E-state index contributed by atoms with van der Waals surface area (Å²) in [7, 11) is 1.15. The minimum Gasteiger partial charge on any atom is -0.488 e. The average molecular weight is 364 g/mol. The lowest BCUT2D eigenvalue weighted by Crippen LogP contribution is -2.18. The molecular formula is C7H4F3IN2O4. The Morgan fingerprint density at radius 3 is 2.53 bits per heavy atom. The van der Waals surface area contributed by atoms with E-state index in [-0.39, 0.29) is 9.45 Å². The highest BCUT2D eigenvalue weighted by Gasteiger charge is 2.33. The molecule has 0 radical (unpaired) electrons. The van der Waals surface area contributed by atoms with Gasteiger partial charge in [0, 0.05) is 0 Å². The largest absolute Gasteiger partial charge is 0.574 e. The van der Waals surface area contributed by atoms with Gasteiger partial charge in [-0.3, -0.25) is 10.1 Å². The van der Waals surface area contributed by atoms with Crippen LogP contribution in [0.5, 0.6) is 11.6 Å². The molecule has 0 aliphatic carbocycles. The number of aromatic nitrogens is 1. The molecule has 1 rings (SSSR count). The molecule has 0 N–H and O–H groups in total. The van der Waals surface area contributed by atoms with Crippen molar-refractivity contribution < 1.29 is 27.6 Å². The number of methoxy groups -OCH3 is 1. The average Bonchev–Trinajstić information content (AvgIpc) is 2.13. The summed E-state index contributed by atoms with van der Waals surface area (Å²) in [6.45, 7) is 0. The molecule has 0 aliphatic heterocycles. The van der Waals surface area contributed by atoms with E-state index in [0.717, 1.165) is 7.11 Å². The van der Waals surface area contributed by atoms with Crippen molar-refractivity contribution in [1.29, 1.82) is 0 Å². The van der Waals surface area contributed by atoms with Gasteiger partial charge in [0.1, 0.15) is 0 Å². The van der Waals surface area contributed by atoms with Crippen molar-refractivity contribution >= 4 is 28.3 Å². The number of pyridine rings is 1. The number of hydrogen-bond donors (Lipinski definition) is 0. The maximum absolute atomic E-state index is 11.9. The van der Waals surface area contributed by atoms with Crippen LogP contribution in [-0.4, -0.2) is 23.4 Å². The molecule has 0 fully saturated rings. The number of rotatable bonds is 3. The molecule has 0 amide bonds. The molecule has 1 heterocycles. The summed E-state index contributed by atoms with van der Waals surface area (Å²) in [6, 6.07) is 0.550. The van der Waals surface area contributed by atoms with Crippen LogP contribution in [0.25, 0.3) is 0 Å². The molecule has 10 heteroatoms. The van der Waals surface area contributed by atoms with Crippen LogP contribution in [0.4, 0.5) is 18.9 Å². The Morgan fingerprint density at radius 1 is 1.53 bits per heavy atom. The first-order chi connectivity index (χ1) is 7.74. The number of hydrogen-bond acceptors (Lipinski definition) is 5. The van der Waals surface area contributed by atoms with Crippen LogP contribution < -0.4 is 9.47 Å². The normalized spacial score (nSPS) is 11.1. The van der Waals surface area contributed by atoms with Gasteiger partial charge in [0.05, 0.1) is 18.1 Å². The molecule has 0 saturated heterocycles. The Kier molecular flexibility index (Phi) is 3.95. The van der Waals surface area contributed by atoms with Crippen molar-refractivity contribution in [2.75, 3.05) is 7.11 Å². The van der Waals surface area contributed by atoms with Gasteiger partial charge in [-0.25, -0.2) is 4.98 Å². The van der Waals surface area contributed by atoms with Crippen LogP contribution in [0, 0.1) is 13.8 Å². The molecule has 0 spiro atoms. The first kappa shape index (κ1) is 13.7. The summed E-state index contributed by atoms with van der Waals surface area (Å²) in [5.74, 6) is -1.13. The molecule has 94 valence electrons. The van der Waals surface area contributed by atoms with Crippen molar-refractivity contribution in [3.8, 4) is 11.6 Å². The topological polar surface area (TPSA) is 74.5 Å². The summed E-state index contributed by atoms with van der Waals surface area (Å²) >= 11 is 1.51. The summed E-state index contributed by atoms with van der Waals surface area (Å²) in [4.78, 5) is 13.1. The third kappa shape index (κ3) is 3.57. The Hall–Kier alpha value is -1.33. The van der Waals surface area contributed by atoms with Gasteiger partial charge in [-0.1, -0.05) is 0 Å². The minimum absolute atomic E-state index is 0.0986. The van der Waals surface area contributed by atoms with Crippen LogP contribution in [0.15, 0.2) is 6.07 Å². The van der Waals surface area contributed by atoms with Crippen LogP contribution in [0.3, 0.4) is 0 Å². The Labute approximate surface area is 106 Å². The fourth-order valence-electron chi connectivity index (χ4n) is 0.963. The van der Waals surface area contributed by atoms with Crippen LogP contribution >= 0.6 is 22.6 Å². The van der Waals surface area contributed by atoms with E-state index in [4.69, 9.17) is 0 Å². The molecule has 17 heavy (non-hydrogen) atoms. The highest BCUT2D eigenvalue weighted by Crippen LogP contribution is 2.35. The number of nitro groups is 1. The van der Waals surface area contributed by atoms with Gasteiger partial charge in [0.15, 0.2) is 3.70 Å². The summed E-state index contributed by atoms with van der Waals surface area (Å²) in [5.41, 5.74) is -0.647. The van der Waals surface area contributed by atoms with Gasteiger partial charge in [0.25, 0.3) is 0 Å². The summed E-state index contributed by atoms with van der Waals surface area (Å²) < 4.78 is 43.8. The van der Waals surface area contributed by atoms with Crippen molar-refractivity contribution in [2.45, 2.75) is 6.36 Å². The predicted octanol–water partition coefficient (Wildman–Crippen LogP) is 2.50. The number of nitrogens with zero attached hydrogens (tertiary/aromatic N) is 2. The van der Waals surface area contributed by atoms with Gasteiger partial charge >= 0.3 is 12.0 Å². The van der Waals surface area contributed by atoms with Crippen molar-refractivity contribution in [2.24, 2.45) is 0 Å². The smallest absolute Gasteiger partial charge is 0.488 e. The number of halogens is 4. The van der Waals surface area contributed by atoms with E-state index in [1.165, 1.54) is 22.6 Å². The fraction of sp³-hybridized carbons (Fsp3) is 0.286. The van der Waals surface area contributed by atoms with Gasteiger partial charge in [0.2, 0.25) is 11.6 Å². The first-order valence-electron chi connectivity index (χ1n) is 3.89. The fourth-order valence-corrected chi connectivity index (χ4v) is 1.70. The third-order valence-corrected chi connectivity index (χ3v) is 2.24. The third-order valence-electron chi connectivity index (χ3n) is 1.51. The molecule has 1 aromatic rings. The zero-order chi connectivity index (χ0) is 13.2. The molecule has 0 bridgehead atoms. The second-order valence-electron chi connectivity index (χ2n) is 2.61. The Bertz CT molecular complexity index is 451. The van der Waals surface area contributed by atoms with E-state index in [1.54, 1.807) is 0 Å². The van der Waals surface area contributed by atoms with Crippen molar-refractivity contribution in [1.82, 2.24) is 4.98 Å². The van der Waals surface area contributed by atoms with Gasteiger partial charge in [-0.15, -0.1) is 13.2 Å². The molecular weight excluding hydrogens is 360 g/mol. The lowest BCUT2D eigenvalue weighted by Gasteiger charge is -2.09. The quantitative estimate of drug-likeness (QED) is 0.357. The Balaban J connectivity index is 3.25. The maximum Gasteiger partial charge on any atom is 0.574 e. The van der Waals surface area contributed by atoms with Gasteiger partial charge in [-0.2, -0.15) is 0 Å². The van der Waals surface area contributed by atoms with E-state index in [9.17, 15) is 23.3 Å². The second kappa shape index (κ2) is 4.89. The molecule has 0 saturated carbocycles. The molecule has 0 unspecified atom stereocenters. The summed E-state index contributed by atoms with van der Waals surface area (Å²) in [6.07, 6.45) is -4.96. The van der Waals surface area contributed by atoms with E-state index < -0.39 is 22.9 Å². The molecule has 6 nitrogen and oxygen atoms in total. The lowest BCUT2D eigenvalue weighted by atomic mass is 10.4. The lowest BCUT2D eigenvalue weighted by molar-refractivity contribution is -0.386. The monoisotopic (exact) mass is 364 g/mol. The standard InChI is InChI=1S/C7H4F3IN2O4/c1-16-5-3(13(14)15)2-4(12-6(5)11)17-7(8,9)10/h2H,1H3. The van der Waals surface area contributed by atoms with E-state index in [0.29, 0.717) is 6.07 Å². The zero-order valence-electron chi connectivity index (χ0n) is 8.12. The summed E-state index contributed by atoms with van der Waals surface area (Å²) in [5, 5.41) is 10.6. The van der Waals surface area contributed by atoms with Crippen LogP contribution in [-0.2, 0) is 0 Å². The van der Waals surface area contributed by atoms with Crippen molar-refractivity contribution in [3.63, 3.8) is 0 Å². The van der Waals surface area contributed by atoms with Crippen LogP contribution in [0.1, 0.15) is 0 Å². The van der Waals surface area contributed by atoms with E-state index >= 15 is 0 Å². The number of ether oxygens (including phenoxy) is 2. The second-order valence-corrected chi connectivity index (χ2v) is 3.63. The Morgan fingerprint density at radius 2 is 2.12 bits per heavy atom. The van der Waals surface area contributed by atoms with E-state index in [2.05, 4.69) is 14.5 Å². The van der Waals surface area contributed by atoms with Gasteiger partial charge < -0.3 is 9.47 Å². The minimum atomic E-state index is -4.96. The van der Waals surface area contributed by atoms with E-state index in [1.807, 2.05) is 0 Å². The highest BCUT2D eigenvalue weighted by molar-refractivity contribution is 14.1. The van der Waals surface area contributed by atoms with Crippen molar-refractivity contribution in [3.05, 3.63) is 19.9 Å². The SMILES string of the molecule is COc1c([N+](=O)[O-])cc(OC(F)(F)F)nc1I. The highest BCUT2D eigenvalue weighted by atomic mass is 127. The molecule has 0 atom stereocenters. The maximum atomic E-state index is 11.9. The first-order valence-corrected chi connectivity index (χ1v) is 4.97. The molecule has 0 aliphatic rings. The predicted molar refractivity (Wildman–Crippen MR) is 56.8 cm³/mol. The molecule has 1 aromatic heterocycles. The van der Waals surface area contributed by atoms with Crippen LogP contribution in [0.2, 0.25) is 0 Å². The zero-order valence-corrected chi connectivity index (χ0v) is 10.3.